The Kier molecular flexibility index (Phi) is 5.92. The largest absolute Gasteiger partial charge is 0.373 e. The summed E-state index contributed by atoms with van der Waals surface area (Å²) in [5, 5.41) is 12.0. The number of carbonyl (C=O) groups is 1. The van der Waals surface area contributed by atoms with E-state index in [-0.39, 0.29) is 11.5 Å². The maximum absolute atomic E-state index is 12.0. The van der Waals surface area contributed by atoms with Crippen molar-refractivity contribution in [1.82, 2.24) is 20.2 Å². The summed E-state index contributed by atoms with van der Waals surface area (Å²) in [4.78, 5) is 24.5. The van der Waals surface area contributed by atoms with Crippen molar-refractivity contribution in [2.24, 2.45) is 5.92 Å². The van der Waals surface area contributed by atoms with Gasteiger partial charge >= 0.3 is 0 Å². The maximum Gasteiger partial charge on any atom is 0.263 e. The van der Waals surface area contributed by atoms with E-state index in [4.69, 9.17) is 0 Å². The molecule has 1 aromatic rings. The number of hydrogen-bond acceptors (Lipinski definition) is 6. The van der Waals surface area contributed by atoms with Crippen LogP contribution >= 0.6 is 0 Å². The Morgan fingerprint density at radius 2 is 2.00 bits per heavy atom. The second-order valence-corrected chi connectivity index (χ2v) is 5.83. The zero-order valence-electron chi connectivity index (χ0n) is 13.6. The molecular formula is C16H22N6O. The first-order chi connectivity index (χ1) is 11.1. The Bertz CT molecular complexity index is 584. The fourth-order valence-corrected chi connectivity index (χ4v) is 2.22. The fourth-order valence-electron chi connectivity index (χ4n) is 2.22. The number of piperazine rings is 1. The minimum atomic E-state index is -0.310. The van der Waals surface area contributed by atoms with Gasteiger partial charge in [-0.25, -0.2) is 9.97 Å². The number of hydrogen-bond donors (Lipinski definition) is 1. The van der Waals surface area contributed by atoms with E-state index >= 15 is 0 Å². The number of nitrogens with zero attached hydrogens (tertiary/aromatic N) is 5. The molecule has 7 heteroatoms. The smallest absolute Gasteiger partial charge is 0.263 e. The molecule has 1 saturated heterocycles. The molecule has 0 radical (unpaired) electrons. The van der Waals surface area contributed by atoms with Crippen molar-refractivity contribution in [3.63, 3.8) is 0 Å². The van der Waals surface area contributed by atoms with Gasteiger partial charge in [-0.3, -0.25) is 4.79 Å². The Labute approximate surface area is 136 Å². The number of nitrogens with one attached hydrogen (secondary N) is 1. The molecule has 1 fully saturated rings. The molecule has 0 saturated carbocycles. The molecule has 23 heavy (non-hydrogen) atoms. The average Bonchev–Trinajstić information content (AvgIpc) is 2.59. The van der Waals surface area contributed by atoms with Crippen LogP contribution < -0.4 is 10.2 Å². The summed E-state index contributed by atoms with van der Waals surface area (Å²) in [7, 11) is 0. The molecule has 2 rings (SSSR count). The molecular weight excluding hydrogens is 292 g/mol. The van der Waals surface area contributed by atoms with Gasteiger partial charge < -0.3 is 15.1 Å². The van der Waals surface area contributed by atoms with Crippen molar-refractivity contribution >= 4 is 11.9 Å². The molecule has 0 atom stereocenters. The highest BCUT2D eigenvalue weighted by molar-refractivity contribution is 5.97. The molecule has 0 unspecified atom stereocenters. The molecule has 1 aliphatic rings. The van der Waals surface area contributed by atoms with Crippen LogP contribution in [0.5, 0.6) is 0 Å². The summed E-state index contributed by atoms with van der Waals surface area (Å²) in [6.07, 6.45) is 5.10. The number of anilines is 1. The third kappa shape index (κ3) is 4.95. The lowest BCUT2D eigenvalue weighted by molar-refractivity contribution is -0.117. The molecule has 0 aromatic carbocycles. The topological polar surface area (TPSA) is 85.2 Å². The maximum atomic E-state index is 12.0. The van der Waals surface area contributed by atoms with Crippen molar-refractivity contribution < 1.29 is 4.79 Å². The lowest BCUT2D eigenvalue weighted by Crippen LogP contribution is -2.45. The molecule has 2 heterocycles. The highest BCUT2D eigenvalue weighted by Gasteiger charge is 2.18. The second-order valence-electron chi connectivity index (χ2n) is 5.83. The van der Waals surface area contributed by atoms with Crippen LogP contribution in [0.2, 0.25) is 0 Å². The van der Waals surface area contributed by atoms with Gasteiger partial charge in [0.2, 0.25) is 5.95 Å². The van der Waals surface area contributed by atoms with Gasteiger partial charge in [0.15, 0.2) is 0 Å². The Hall–Kier alpha value is -2.62. The number of amides is 1. The number of nitriles is 1. The second kappa shape index (κ2) is 8.13. The van der Waals surface area contributed by atoms with E-state index in [0.29, 0.717) is 18.4 Å². The van der Waals surface area contributed by atoms with Gasteiger partial charge in [0.25, 0.3) is 5.91 Å². The lowest BCUT2D eigenvalue weighted by atomic mass is 10.2. The van der Waals surface area contributed by atoms with Crippen LogP contribution in [-0.2, 0) is 4.79 Å². The third-order valence-corrected chi connectivity index (χ3v) is 3.50. The molecule has 7 nitrogen and oxygen atoms in total. The first kappa shape index (κ1) is 16.7. The lowest BCUT2D eigenvalue weighted by Gasteiger charge is -2.34. The minimum absolute atomic E-state index is 0.148. The van der Waals surface area contributed by atoms with Crippen molar-refractivity contribution in [1.29, 1.82) is 5.26 Å². The number of rotatable bonds is 5. The van der Waals surface area contributed by atoms with Crippen LogP contribution in [0.15, 0.2) is 30.2 Å². The highest BCUT2D eigenvalue weighted by Crippen LogP contribution is 2.10. The highest BCUT2D eigenvalue weighted by atomic mass is 16.1. The molecule has 1 amide bonds. The zero-order valence-corrected chi connectivity index (χ0v) is 13.6. The predicted molar refractivity (Wildman–Crippen MR) is 87.4 cm³/mol. The summed E-state index contributed by atoms with van der Waals surface area (Å²) < 4.78 is 0. The molecule has 122 valence electrons. The Morgan fingerprint density at radius 1 is 1.35 bits per heavy atom. The standard InChI is InChI=1S/C16H22N6O/c1-13(2)11-20-15(23)14(10-17)12-21-6-8-22(9-7-21)16-18-4-3-5-19-16/h3-5,12-13H,6-9,11H2,1-2H3,(H,20,23)/b14-12-. The van der Waals surface area contributed by atoms with Crippen LogP contribution in [0, 0.1) is 17.2 Å². The summed E-state index contributed by atoms with van der Waals surface area (Å²) in [6, 6.07) is 3.77. The van der Waals surface area contributed by atoms with Gasteiger partial charge in [0.1, 0.15) is 11.6 Å². The quantitative estimate of drug-likeness (QED) is 0.638. The van der Waals surface area contributed by atoms with E-state index in [2.05, 4.69) is 20.2 Å². The normalized spacial score (nSPS) is 15.5. The van der Waals surface area contributed by atoms with Gasteiger partial charge in [-0.2, -0.15) is 5.26 Å². The summed E-state index contributed by atoms with van der Waals surface area (Å²) >= 11 is 0. The van der Waals surface area contributed by atoms with Crippen LogP contribution in [0.1, 0.15) is 13.8 Å². The Balaban J connectivity index is 1.91. The van der Waals surface area contributed by atoms with E-state index in [9.17, 15) is 10.1 Å². The first-order valence-corrected chi connectivity index (χ1v) is 7.76. The van der Waals surface area contributed by atoms with Gasteiger partial charge in [-0.15, -0.1) is 0 Å². The summed E-state index contributed by atoms with van der Waals surface area (Å²) in [6.45, 7) is 7.56. The van der Waals surface area contributed by atoms with Crippen molar-refractivity contribution in [3.05, 3.63) is 30.2 Å². The van der Waals surface area contributed by atoms with Gasteiger partial charge in [0.05, 0.1) is 0 Å². The average molecular weight is 314 g/mol. The third-order valence-electron chi connectivity index (χ3n) is 3.50. The van der Waals surface area contributed by atoms with Crippen molar-refractivity contribution in [2.45, 2.75) is 13.8 Å². The van der Waals surface area contributed by atoms with Crippen LogP contribution in [0.3, 0.4) is 0 Å². The van der Waals surface area contributed by atoms with Crippen molar-refractivity contribution in [3.8, 4) is 6.07 Å². The van der Waals surface area contributed by atoms with E-state index in [0.717, 1.165) is 26.2 Å². The van der Waals surface area contributed by atoms with E-state index < -0.39 is 0 Å². The molecule has 0 spiro atoms. The molecule has 1 aromatic heterocycles. The van der Waals surface area contributed by atoms with E-state index in [1.807, 2.05) is 24.8 Å². The SMILES string of the molecule is CC(C)CNC(=O)/C(C#N)=C\N1CCN(c2ncccn2)CC1. The first-order valence-electron chi connectivity index (χ1n) is 7.76. The van der Waals surface area contributed by atoms with Gasteiger partial charge in [-0.05, 0) is 12.0 Å². The number of carbonyl (C=O) groups excluding carboxylic acids is 1. The summed E-state index contributed by atoms with van der Waals surface area (Å²) in [5.74, 6) is 0.759. The molecule has 0 bridgehead atoms. The van der Waals surface area contributed by atoms with Gasteiger partial charge in [-0.1, -0.05) is 13.8 Å². The fraction of sp³-hybridized carbons (Fsp3) is 0.500. The predicted octanol–water partition coefficient (Wildman–Crippen LogP) is 0.778. The van der Waals surface area contributed by atoms with E-state index in [1.165, 1.54) is 0 Å². The summed E-state index contributed by atoms with van der Waals surface area (Å²) in [5.41, 5.74) is 0.148. The number of aromatic nitrogens is 2. The van der Waals surface area contributed by atoms with E-state index in [1.54, 1.807) is 24.7 Å². The van der Waals surface area contributed by atoms with Crippen molar-refractivity contribution in [2.75, 3.05) is 37.6 Å². The van der Waals surface area contributed by atoms with Gasteiger partial charge in [0, 0.05) is 51.3 Å². The molecule has 1 aliphatic heterocycles. The minimum Gasteiger partial charge on any atom is -0.373 e. The molecule has 0 aliphatic carbocycles. The molecule has 1 N–H and O–H groups in total. The Morgan fingerprint density at radius 3 is 2.57 bits per heavy atom. The van der Waals surface area contributed by atoms with Crippen LogP contribution in [-0.4, -0.2) is 53.5 Å². The monoisotopic (exact) mass is 314 g/mol. The van der Waals surface area contributed by atoms with Crippen LogP contribution in [0.25, 0.3) is 0 Å². The zero-order chi connectivity index (χ0) is 16.7. The van der Waals surface area contributed by atoms with Crippen LogP contribution in [0.4, 0.5) is 5.95 Å².